The molecule has 0 atom stereocenters. The van der Waals surface area contributed by atoms with Gasteiger partial charge >= 0.3 is 0 Å². The first-order valence-electron chi connectivity index (χ1n) is 10.1. The topological polar surface area (TPSA) is 79.4 Å². The van der Waals surface area contributed by atoms with Crippen molar-refractivity contribution in [2.45, 2.75) is 44.9 Å². The van der Waals surface area contributed by atoms with E-state index >= 15 is 0 Å². The highest BCUT2D eigenvalue weighted by molar-refractivity contribution is 7.89. The van der Waals surface area contributed by atoms with Crippen LogP contribution >= 0.6 is 0 Å². The minimum Gasteiger partial charge on any atom is -0.352 e. The van der Waals surface area contributed by atoms with Crippen molar-refractivity contribution in [3.05, 3.63) is 58.9 Å². The van der Waals surface area contributed by atoms with Crippen molar-refractivity contribution in [2.24, 2.45) is 5.92 Å². The highest BCUT2D eigenvalue weighted by Gasteiger charge is 2.30. The molecular formula is C22H29N3O3S. The summed E-state index contributed by atoms with van der Waals surface area (Å²) >= 11 is 0. The average molecular weight is 416 g/mol. The first-order valence-corrected chi connectivity index (χ1v) is 11.5. The van der Waals surface area contributed by atoms with Gasteiger partial charge in [0.2, 0.25) is 10.0 Å². The van der Waals surface area contributed by atoms with E-state index in [0.717, 1.165) is 24.1 Å². The molecule has 1 saturated heterocycles. The number of hydrogen-bond donors (Lipinski definition) is 1. The average Bonchev–Trinajstić information content (AvgIpc) is 2.70. The molecule has 0 aliphatic carbocycles. The van der Waals surface area contributed by atoms with Crippen molar-refractivity contribution in [1.29, 1.82) is 0 Å². The van der Waals surface area contributed by atoms with Gasteiger partial charge in [-0.2, -0.15) is 4.31 Å². The fraction of sp³-hybridized carbons (Fsp3) is 0.455. The number of sulfonamides is 1. The summed E-state index contributed by atoms with van der Waals surface area (Å²) in [5, 5.41) is 2.87. The third kappa shape index (κ3) is 5.03. The van der Waals surface area contributed by atoms with Crippen molar-refractivity contribution in [1.82, 2.24) is 14.6 Å². The van der Waals surface area contributed by atoms with Gasteiger partial charge in [0, 0.05) is 43.5 Å². The third-order valence-electron chi connectivity index (χ3n) is 5.64. The SMILES string of the molecule is Cc1cc(C(=O)NCCc2ccccn2)cc(S(=O)(=O)N2CCC(C)CC2)c1C. The summed E-state index contributed by atoms with van der Waals surface area (Å²) in [6, 6.07) is 8.94. The molecule has 2 heterocycles. The van der Waals surface area contributed by atoms with Gasteiger partial charge in [0.1, 0.15) is 0 Å². The third-order valence-corrected chi connectivity index (χ3v) is 7.66. The lowest BCUT2D eigenvalue weighted by atomic mass is 10.0. The summed E-state index contributed by atoms with van der Waals surface area (Å²) in [4.78, 5) is 17.1. The van der Waals surface area contributed by atoms with Crippen LogP contribution in [0.4, 0.5) is 0 Å². The largest absolute Gasteiger partial charge is 0.352 e. The van der Waals surface area contributed by atoms with E-state index in [9.17, 15) is 13.2 Å². The first-order chi connectivity index (χ1) is 13.8. The van der Waals surface area contributed by atoms with Crippen molar-refractivity contribution in [3.8, 4) is 0 Å². The molecule has 0 unspecified atom stereocenters. The molecule has 6 nitrogen and oxygen atoms in total. The lowest BCUT2D eigenvalue weighted by Gasteiger charge is -2.30. The molecule has 2 aromatic rings. The number of rotatable bonds is 6. The number of piperidine rings is 1. The van der Waals surface area contributed by atoms with E-state index in [1.165, 1.54) is 6.07 Å². The second kappa shape index (κ2) is 9.05. The Labute approximate surface area is 173 Å². The predicted octanol–water partition coefficient (Wildman–Crippen LogP) is 3.09. The highest BCUT2D eigenvalue weighted by atomic mass is 32.2. The number of amides is 1. The lowest BCUT2D eigenvalue weighted by Crippen LogP contribution is -2.38. The predicted molar refractivity (Wildman–Crippen MR) is 113 cm³/mol. The quantitative estimate of drug-likeness (QED) is 0.786. The summed E-state index contributed by atoms with van der Waals surface area (Å²) in [6.07, 6.45) is 4.07. The van der Waals surface area contributed by atoms with Crippen molar-refractivity contribution in [2.75, 3.05) is 19.6 Å². The van der Waals surface area contributed by atoms with Gasteiger partial charge in [-0.1, -0.05) is 13.0 Å². The van der Waals surface area contributed by atoms with Crippen LogP contribution in [0.15, 0.2) is 41.4 Å². The summed E-state index contributed by atoms with van der Waals surface area (Å²) < 4.78 is 28.0. The monoisotopic (exact) mass is 415 g/mol. The molecule has 1 amide bonds. The zero-order valence-corrected chi connectivity index (χ0v) is 18.1. The van der Waals surface area contributed by atoms with Gasteiger partial charge in [0.15, 0.2) is 0 Å². The Morgan fingerprint density at radius 1 is 1.21 bits per heavy atom. The van der Waals surface area contributed by atoms with Gasteiger partial charge in [-0.05, 0) is 68.0 Å². The molecule has 3 rings (SSSR count). The molecule has 0 saturated carbocycles. The van der Waals surface area contributed by atoms with E-state index < -0.39 is 10.0 Å². The van der Waals surface area contributed by atoms with Gasteiger partial charge in [0.25, 0.3) is 5.91 Å². The van der Waals surface area contributed by atoms with Gasteiger partial charge < -0.3 is 5.32 Å². The summed E-state index contributed by atoms with van der Waals surface area (Å²) in [5.41, 5.74) is 2.77. The minimum absolute atomic E-state index is 0.238. The number of carbonyl (C=O) groups excluding carboxylic acids is 1. The second-order valence-corrected chi connectivity index (χ2v) is 9.74. The van der Waals surface area contributed by atoms with E-state index in [-0.39, 0.29) is 10.8 Å². The molecular weight excluding hydrogens is 386 g/mol. The lowest BCUT2D eigenvalue weighted by molar-refractivity contribution is 0.0953. The van der Waals surface area contributed by atoms with Crippen LogP contribution in [0.25, 0.3) is 0 Å². The molecule has 0 spiro atoms. The van der Waals surface area contributed by atoms with E-state index in [2.05, 4.69) is 17.2 Å². The molecule has 1 aliphatic heterocycles. The Morgan fingerprint density at radius 3 is 2.59 bits per heavy atom. The maximum absolute atomic E-state index is 13.2. The van der Waals surface area contributed by atoms with Gasteiger partial charge in [-0.25, -0.2) is 8.42 Å². The Bertz CT molecular complexity index is 966. The van der Waals surface area contributed by atoms with Crippen molar-refractivity contribution < 1.29 is 13.2 Å². The highest BCUT2D eigenvalue weighted by Crippen LogP contribution is 2.28. The van der Waals surface area contributed by atoms with Gasteiger partial charge in [-0.3, -0.25) is 9.78 Å². The number of hydrogen-bond acceptors (Lipinski definition) is 4. The Hall–Kier alpha value is -2.25. The number of nitrogens with one attached hydrogen (secondary N) is 1. The maximum Gasteiger partial charge on any atom is 0.251 e. The number of benzene rings is 1. The molecule has 1 aromatic carbocycles. The van der Waals surface area contributed by atoms with Crippen LogP contribution in [0, 0.1) is 19.8 Å². The Kier molecular flexibility index (Phi) is 6.70. The second-order valence-electron chi connectivity index (χ2n) is 7.83. The summed E-state index contributed by atoms with van der Waals surface area (Å²) in [6.45, 7) is 7.30. The van der Waals surface area contributed by atoms with Crippen LogP contribution in [0.5, 0.6) is 0 Å². The van der Waals surface area contributed by atoms with Crippen molar-refractivity contribution in [3.63, 3.8) is 0 Å². The number of aromatic nitrogens is 1. The van der Waals surface area contributed by atoms with Crippen LogP contribution in [0.1, 0.15) is 46.9 Å². The molecule has 29 heavy (non-hydrogen) atoms. The van der Waals surface area contributed by atoms with Crippen LogP contribution < -0.4 is 5.32 Å². The smallest absolute Gasteiger partial charge is 0.251 e. The molecule has 0 radical (unpaired) electrons. The number of nitrogens with zero attached hydrogens (tertiary/aromatic N) is 2. The maximum atomic E-state index is 13.2. The molecule has 0 bridgehead atoms. The van der Waals surface area contributed by atoms with E-state index in [1.807, 2.05) is 25.1 Å². The molecule has 1 aromatic heterocycles. The standard InChI is InChI=1S/C22H29N3O3S/c1-16-8-12-25(13-9-16)29(27,28)21-15-19(14-17(2)18(21)3)22(26)24-11-7-20-6-4-5-10-23-20/h4-6,10,14-16H,7-9,11-13H2,1-3H3,(H,24,26). The van der Waals surface area contributed by atoms with Crippen LogP contribution in [-0.2, 0) is 16.4 Å². The summed E-state index contributed by atoms with van der Waals surface area (Å²) in [7, 11) is -3.61. The molecule has 1 aliphatic rings. The molecule has 1 fully saturated rings. The Balaban J connectivity index is 1.77. The minimum atomic E-state index is -3.61. The van der Waals surface area contributed by atoms with Crippen LogP contribution in [0.2, 0.25) is 0 Å². The van der Waals surface area contributed by atoms with Crippen LogP contribution in [0.3, 0.4) is 0 Å². The fourth-order valence-corrected chi connectivity index (χ4v) is 5.34. The number of aryl methyl sites for hydroxylation is 1. The summed E-state index contributed by atoms with van der Waals surface area (Å²) in [5.74, 6) is 0.272. The Morgan fingerprint density at radius 2 is 1.93 bits per heavy atom. The van der Waals surface area contributed by atoms with E-state index in [0.29, 0.717) is 43.1 Å². The zero-order valence-electron chi connectivity index (χ0n) is 17.3. The molecule has 7 heteroatoms. The molecule has 1 N–H and O–H groups in total. The normalized spacial score (nSPS) is 16.0. The van der Waals surface area contributed by atoms with Crippen molar-refractivity contribution >= 4 is 15.9 Å². The zero-order chi connectivity index (χ0) is 21.0. The van der Waals surface area contributed by atoms with E-state index in [1.54, 1.807) is 23.5 Å². The van der Waals surface area contributed by atoms with E-state index in [4.69, 9.17) is 0 Å². The molecule has 156 valence electrons. The van der Waals surface area contributed by atoms with Gasteiger partial charge in [-0.15, -0.1) is 0 Å². The fourth-order valence-electron chi connectivity index (χ4n) is 3.54. The number of pyridine rings is 1. The van der Waals surface area contributed by atoms with Gasteiger partial charge in [0.05, 0.1) is 4.90 Å². The van der Waals surface area contributed by atoms with Crippen LogP contribution in [-0.4, -0.2) is 43.2 Å². The first kappa shape index (κ1) is 21.5. The number of carbonyl (C=O) groups is 1.